The molecular formula is C30H21ClF3N7O2. The molecule has 216 valence electrons. The molecule has 9 nitrogen and oxygen atoms in total. The molecule has 13 heteroatoms. The zero-order chi connectivity index (χ0) is 29.6. The number of aromatic nitrogens is 6. The number of hydrogen-bond acceptors (Lipinski definition) is 6. The number of hydrogen-bond donors (Lipinski definition) is 2. The number of alkyl halides is 3. The van der Waals surface area contributed by atoms with Crippen molar-refractivity contribution in [1.29, 1.82) is 0 Å². The van der Waals surface area contributed by atoms with E-state index in [1.807, 2.05) is 24.3 Å². The highest BCUT2D eigenvalue weighted by Gasteiger charge is 2.54. The van der Waals surface area contributed by atoms with Gasteiger partial charge in [0.25, 0.3) is 5.56 Å². The topological polar surface area (TPSA) is 103 Å². The van der Waals surface area contributed by atoms with Crippen molar-refractivity contribution < 1.29 is 17.9 Å². The van der Waals surface area contributed by atoms with Crippen LogP contribution in [0.5, 0.6) is 5.75 Å². The molecule has 43 heavy (non-hydrogen) atoms. The number of halogens is 4. The van der Waals surface area contributed by atoms with E-state index in [2.05, 4.69) is 32.2 Å². The molecule has 5 heterocycles. The van der Waals surface area contributed by atoms with Crippen LogP contribution in [0.2, 0.25) is 5.02 Å². The van der Waals surface area contributed by atoms with Crippen molar-refractivity contribution in [3.05, 3.63) is 106 Å². The Bertz CT molecular complexity index is 2030. The minimum Gasteiger partial charge on any atom is -0.485 e. The number of H-pyrrole nitrogens is 1. The summed E-state index contributed by atoms with van der Waals surface area (Å²) in [5.74, 6) is 1.77. The van der Waals surface area contributed by atoms with Crippen LogP contribution in [0.25, 0.3) is 28.1 Å². The Kier molecular flexibility index (Phi) is 5.45. The van der Waals surface area contributed by atoms with Gasteiger partial charge in [-0.25, -0.2) is 9.67 Å². The van der Waals surface area contributed by atoms with Gasteiger partial charge in [0.15, 0.2) is 5.69 Å². The summed E-state index contributed by atoms with van der Waals surface area (Å²) in [7, 11) is 0. The SMILES string of the molecule is C=C1COc2cc(-c3cnc(C4C5CC5c5cc(-c6cc(Cl)ccc6-n6cc(C(F)(F)F)nn6)cc(=O)n54)[nH]3)ccc2N1. The average Bonchev–Trinajstić information content (AvgIpc) is 3.30. The third-order valence-electron chi connectivity index (χ3n) is 8.18. The van der Waals surface area contributed by atoms with Crippen LogP contribution in [0.3, 0.4) is 0 Å². The van der Waals surface area contributed by atoms with Crippen molar-refractivity contribution in [3.63, 3.8) is 0 Å². The van der Waals surface area contributed by atoms with Crippen LogP contribution in [0.4, 0.5) is 18.9 Å². The predicted molar refractivity (Wildman–Crippen MR) is 152 cm³/mol. The molecule has 3 unspecified atom stereocenters. The fourth-order valence-electron chi connectivity index (χ4n) is 6.15. The average molecular weight is 604 g/mol. The molecule has 5 aromatic rings. The first kappa shape index (κ1) is 25.8. The summed E-state index contributed by atoms with van der Waals surface area (Å²) in [5, 5.41) is 10.5. The van der Waals surface area contributed by atoms with E-state index in [4.69, 9.17) is 16.3 Å². The molecule has 0 saturated heterocycles. The van der Waals surface area contributed by atoms with Crippen molar-refractivity contribution in [2.24, 2.45) is 5.92 Å². The van der Waals surface area contributed by atoms with Crippen LogP contribution < -0.4 is 15.6 Å². The van der Waals surface area contributed by atoms with Gasteiger partial charge >= 0.3 is 6.18 Å². The number of nitrogens with zero attached hydrogens (tertiary/aromatic N) is 5. The fourth-order valence-corrected chi connectivity index (χ4v) is 6.32. The summed E-state index contributed by atoms with van der Waals surface area (Å²) in [4.78, 5) is 21.8. The standard InChI is InChI=1S/C30H21ClF3N7O2/c1-14-13-43-25-7-15(2-4-21(25)36-14)22-11-35-29(37-22)28-20-10-19(20)24-6-16(8-27(42)41(24)28)18-9-17(31)3-5-23(18)40-12-26(38-39-40)30(32,33)34/h2-9,11-12,19-20,28,36H,1,10,13H2,(H,35,37). The Morgan fingerprint density at radius 3 is 2.77 bits per heavy atom. The van der Waals surface area contributed by atoms with Crippen molar-refractivity contribution in [2.45, 2.75) is 24.6 Å². The first-order chi connectivity index (χ1) is 20.6. The number of anilines is 1. The molecule has 8 rings (SSSR count). The lowest BCUT2D eigenvalue weighted by molar-refractivity contribution is -0.141. The van der Waals surface area contributed by atoms with Gasteiger partial charge in [0, 0.05) is 39.5 Å². The lowest BCUT2D eigenvalue weighted by Crippen LogP contribution is -2.26. The molecule has 2 aromatic carbocycles. The molecule has 3 aromatic heterocycles. The monoisotopic (exact) mass is 603 g/mol. The third-order valence-corrected chi connectivity index (χ3v) is 8.42. The molecule has 3 aliphatic rings. The van der Waals surface area contributed by atoms with Crippen LogP contribution >= 0.6 is 11.6 Å². The second-order valence-corrected chi connectivity index (χ2v) is 11.4. The third kappa shape index (κ3) is 4.23. The maximum atomic E-state index is 13.7. The van der Waals surface area contributed by atoms with Gasteiger partial charge in [-0.3, -0.25) is 4.79 Å². The van der Waals surface area contributed by atoms with E-state index in [1.54, 1.807) is 29.0 Å². The van der Waals surface area contributed by atoms with Crippen LogP contribution in [0.15, 0.2) is 78.0 Å². The van der Waals surface area contributed by atoms with E-state index in [0.29, 0.717) is 34.3 Å². The van der Waals surface area contributed by atoms with Crippen molar-refractivity contribution in [1.82, 2.24) is 29.5 Å². The minimum absolute atomic E-state index is 0.161. The molecule has 0 bridgehead atoms. The summed E-state index contributed by atoms with van der Waals surface area (Å²) in [6.45, 7) is 4.29. The maximum Gasteiger partial charge on any atom is 0.436 e. The number of rotatable bonds is 4. The second kappa shape index (κ2) is 9.08. The number of pyridine rings is 1. The Morgan fingerprint density at radius 2 is 1.95 bits per heavy atom. The lowest BCUT2D eigenvalue weighted by Gasteiger charge is -2.21. The number of ether oxygens (including phenoxy) is 1. The lowest BCUT2D eigenvalue weighted by atomic mass is 10.0. The molecular weight excluding hydrogens is 583 g/mol. The number of aromatic amines is 1. The number of benzene rings is 2. The van der Waals surface area contributed by atoms with E-state index in [9.17, 15) is 18.0 Å². The van der Waals surface area contributed by atoms with Crippen molar-refractivity contribution in [2.75, 3.05) is 11.9 Å². The highest BCUT2D eigenvalue weighted by molar-refractivity contribution is 6.31. The summed E-state index contributed by atoms with van der Waals surface area (Å²) >= 11 is 6.29. The number of fused-ring (bicyclic) bond motifs is 4. The first-order valence-corrected chi connectivity index (χ1v) is 13.8. The largest absolute Gasteiger partial charge is 0.485 e. The highest BCUT2D eigenvalue weighted by Crippen LogP contribution is 2.60. The maximum absolute atomic E-state index is 13.7. The molecule has 0 radical (unpaired) electrons. The fraction of sp³-hybridized carbons (Fsp3) is 0.200. The molecule has 1 fully saturated rings. The summed E-state index contributed by atoms with van der Waals surface area (Å²) in [6, 6.07) is 13.7. The van der Waals surface area contributed by atoms with Gasteiger partial charge in [-0.2, -0.15) is 13.2 Å². The van der Waals surface area contributed by atoms with Gasteiger partial charge in [-0.05, 0) is 54.3 Å². The molecule has 0 spiro atoms. The number of imidazole rings is 1. The molecule has 1 saturated carbocycles. The molecule has 3 atom stereocenters. The van der Waals surface area contributed by atoms with Crippen LogP contribution in [0.1, 0.15) is 35.6 Å². The van der Waals surface area contributed by atoms with Gasteiger partial charge in [-0.1, -0.05) is 29.5 Å². The second-order valence-electron chi connectivity index (χ2n) is 10.9. The van der Waals surface area contributed by atoms with E-state index in [-0.39, 0.29) is 23.4 Å². The molecule has 2 aliphatic heterocycles. The van der Waals surface area contributed by atoms with Gasteiger partial charge in [0.2, 0.25) is 0 Å². The van der Waals surface area contributed by atoms with Gasteiger partial charge in [0.05, 0.1) is 35.5 Å². The summed E-state index contributed by atoms with van der Waals surface area (Å²) < 4.78 is 48.2. The first-order valence-electron chi connectivity index (χ1n) is 13.5. The normalized spacial score (nSPS) is 20.2. The van der Waals surface area contributed by atoms with Crippen LogP contribution in [-0.4, -0.2) is 36.1 Å². The Morgan fingerprint density at radius 1 is 1.09 bits per heavy atom. The quantitative estimate of drug-likeness (QED) is 0.254. The smallest absolute Gasteiger partial charge is 0.436 e. The van der Waals surface area contributed by atoms with E-state index in [1.165, 1.54) is 6.07 Å². The van der Waals surface area contributed by atoms with E-state index >= 15 is 0 Å². The number of nitrogens with one attached hydrogen (secondary N) is 2. The molecule has 0 amide bonds. The van der Waals surface area contributed by atoms with Crippen molar-refractivity contribution in [3.8, 4) is 33.8 Å². The Labute approximate surface area is 246 Å². The van der Waals surface area contributed by atoms with Gasteiger partial charge in [0.1, 0.15) is 18.2 Å². The zero-order valence-corrected chi connectivity index (χ0v) is 22.9. The van der Waals surface area contributed by atoms with Gasteiger partial charge < -0.3 is 19.6 Å². The summed E-state index contributed by atoms with van der Waals surface area (Å²) in [5.41, 5.74) is 4.16. The zero-order valence-electron chi connectivity index (χ0n) is 22.2. The van der Waals surface area contributed by atoms with Crippen molar-refractivity contribution >= 4 is 17.3 Å². The highest BCUT2D eigenvalue weighted by atomic mass is 35.5. The van der Waals surface area contributed by atoms with Crippen LogP contribution in [0, 0.1) is 5.92 Å². The molecule has 2 N–H and O–H groups in total. The minimum atomic E-state index is -4.64. The Hall–Kier alpha value is -4.84. The predicted octanol–water partition coefficient (Wildman–Crippen LogP) is 6.18. The Balaban J connectivity index is 1.15. The molecule has 1 aliphatic carbocycles. The van der Waals surface area contributed by atoms with E-state index < -0.39 is 11.9 Å². The van der Waals surface area contributed by atoms with E-state index in [0.717, 1.165) is 51.4 Å². The van der Waals surface area contributed by atoms with Gasteiger partial charge in [-0.15, -0.1) is 5.10 Å². The summed E-state index contributed by atoms with van der Waals surface area (Å²) in [6.07, 6.45) is -1.17. The van der Waals surface area contributed by atoms with Crippen LogP contribution in [-0.2, 0) is 6.18 Å².